The molecule has 1 amide bonds. The van der Waals surface area contributed by atoms with Gasteiger partial charge in [0.25, 0.3) is 5.91 Å². The summed E-state index contributed by atoms with van der Waals surface area (Å²) in [6, 6.07) is 0.873. The van der Waals surface area contributed by atoms with Crippen LogP contribution in [-0.2, 0) is 6.42 Å². The Morgan fingerprint density at radius 2 is 2.14 bits per heavy atom. The zero-order valence-electron chi connectivity index (χ0n) is 10.5. The van der Waals surface area contributed by atoms with Gasteiger partial charge >= 0.3 is 5.69 Å². The van der Waals surface area contributed by atoms with Gasteiger partial charge in [-0.1, -0.05) is 0 Å². The maximum absolute atomic E-state index is 13.5. The van der Waals surface area contributed by atoms with Gasteiger partial charge in [0.15, 0.2) is 0 Å². The minimum Gasteiger partial charge on any atom is -0.351 e. The Kier molecular flexibility index (Phi) is 4.16. The lowest BCUT2D eigenvalue weighted by Gasteiger charge is -2.05. The summed E-state index contributed by atoms with van der Waals surface area (Å²) in [6.45, 7) is 0.110. The van der Waals surface area contributed by atoms with Gasteiger partial charge in [0.05, 0.1) is 10.5 Å². The predicted molar refractivity (Wildman–Crippen MR) is 65.4 cm³/mol. The van der Waals surface area contributed by atoms with Crippen molar-refractivity contribution in [2.24, 2.45) is 0 Å². The van der Waals surface area contributed by atoms with Gasteiger partial charge in [0.2, 0.25) is 5.82 Å². The Bertz CT molecular complexity index is 675. The molecule has 0 fully saturated rings. The average molecular weight is 297 g/mol. The van der Waals surface area contributed by atoms with E-state index in [4.69, 9.17) is 0 Å². The number of hydrogen-bond acceptors (Lipinski definition) is 5. The summed E-state index contributed by atoms with van der Waals surface area (Å²) in [5.74, 6) is -2.87. The molecular weight excluding hydrogens is 288 g/mol. The highest BCUT2D eigenvalue weighted by Crippen LogP contribution is 2.21. The highest BCUT2D eigenvalue weighted by Gasteiger charge is 2.22. The molecule has 0 aliphatic heterocycles. The van der Waals surface area contributed by atoms with E-state index in [-0.39, 0.29) is 6.54 Å². The number of aromatic amines is 1. The van der Waals surface area contributed by atoms with Crippen LogP contribution in [0.25, 0.3) is 0 Å². The summed E-state index contributed by atoms with van der Waals surface area (Å²) in [6.07, 6.45) is 1.61. The van der Waals surface area contributed by atoms with Gasteiger partial charge in [-0.2, -0.15) is 9.49 Å². The number of amides is 1. The lowest BCUT2D eigenvalue weighted by atomic mass is 10.1. The number of carbonyl (C=O) groups is 1. The molecule has 2 N–H and O–H groups in total. The molecule has 1 heterocycles. The summed E-state index contributed by atoms with van der Waals surface area (Å²) in [5.41, 5.74) is -1.56. The number of rotatable bonds is 5. The molecule has 0 saturated heterocycles. The van der Waals surface area contributed by atoms with Crippen molar-refractivity contribution >= 4 is 11.6 Å². The molecule has 0 unspecified atom stereocenters. The zero-order chi connectivity index (χ0) is 15.4. The summed E-state index contributed by atoms with van der Waals surface area (Å²) < 4.78 is 26.6. The molecule has 0 aliphatic carbocycles. The molecule has 21 heavy (non-hydrogen) atoms. The SMILES string of the molecule is O=C(NCCc1ncn[nH]1)c1cc([N+](=O)[O-])c(F)cc1F. The largest absolute Gasteiger partial charge is 0.351 e. The van der Waals surface area contributed by atoms with Crippen molar-refractivity contribution in [2.75, 3.05) is 6.54 Å². The van der Waals surface area contributed by atoms with Crippen LogP contribution in [0.2, 0.25) is 0 Å². The van der Waals surface area contributed by atoms with Crippen molar-refractivity contribution < 1.29 is 18.5 Å². The number of H-pyrrole nitrogens is 1. The molecule has 1 aromatic heterocycles. The molecule has 0 aliphatic rings. The number of nitro groups is 1. The van der Waals surface area contributed by atoms with Gasteiger partial charge in [0.1, 0.15) is 18.0 Å². The third-order valence-corrected chi connectivity index (χ3v) is 2.59. The van der Waals surface area contributed by atoms with Crippen molar-refractivity contribution in [3.8, 4) is 0 Å². The third-order valence-electron chi connectivity index (χ3n) is 2.59. The molecule has 2 rings (SSSR count). The van der Waals surface area contributed by atoms with Gasteiger partial charge < -0.3 is 5.32 Å². The lowest BCUT2D eigenvalue weighted by molar-refractivity contribution is -0.387. The Morgan fingerprint density at radius 1 is 1.38 bits per heavy atom. The fourth-order valence-electron chi connectivity index (χ4n) is 1.59. The molecular formula is C11H9F2N5O3. The van der Waals surface area contributed by atoms with E-state index in [1.54, 1.807) is 0 Å². The first-order valence-corrected chi connectivity index (χ1v) is 5.75. The van der Waals surface area contributed by atoms with E-state index in [1.807, 2.05) is 0 Å². The van der Waals surface area contributed by atoms with Crippen LogP contribution < -0.4 is 5.32 Å². The van der Waals surface area contributed by atoms with Crippen molar-refractivity contribution in [1.29, 1.82) is 0 Å². The molecule has 1 aromatic carbocycles. The summed E-state index contributed by atoms with van der Waals surface area (Å²) in [7, 11) is 0. The second kappa shape index (κ2) is 6.03. The fourth-order valence-corrected chi connectivity index (χ4v) is 1.59. The van der Waals surface area contributed by atoms with Gasteiger partial charge in [-0.15, -0.1) is 0 Å². The Hall–Kier alpha value is -2.91. The van der Waals surface area contributed by atoms with Crippen LogP contribution in [0, 0.1) is 21.7 Å². The average Bonchev–Trinajstić information content (AvgIpc) is 2.91. The molecule has 0 atom stereocenters. The predicted octanol–water partition coefficient (Wildman–Crippen LogP) is 0.964. The number of benzene rings is 1. The van der Waals surface area contributed by atoms with Crippen molar-refractivity contribution in [2.45, 2.75) is 6.42 Å². The minimum absolute atomic E-state index is 0.110. The number of nitrogens with zero attached hydrogens (tertiary/aromatic N) is 3. The topological polar surface area (TPSA) is 114 Å². The van der Waals surface area contributed by atoms with Gasteiger partial charge in [-0.3, -0.25) is 20.0 Å². The number of halogens is 2. The van der Waals surface area contributed by atoms with Crippen LogP contribution in [0.15, 0.2) is 18.5 Å². The zero-order valence-corrected chi connectivity index (χ0v) is 10.5. The fraction of sp³-hybridized carbons (Fsp3) is 0.182. The van der Waals surface area contributed by atoms with Gasteiger partial charge in [-0.25, -0.2) is 9.37 Å². The first kappa shape index (κ1) is 14.5. The second-order valence-corrected chi connectivity index (χ2v) is 3.98. The summed E-state index contributed by atoms with van der Waals surface area (Å²) in [5, 5.41) is 19.1. The highest BCUT2D eigenvalue weighted by molar-refractivity contribution is 5.95. The maximum atomic E-state index is 13.5. The van der Waals surface area contributed by atoms with Crippen LogP contribution in [0.5, 0.6) is 0 Å². The number of carbonyl (C=O) groups excluding carboxylic acids is 1. The summed E-state index contributed by atoms with van der Waals surface area (Å²) >= 11 is 0. The van der Waals surface area contributed by atoms with Crippen LogP contribution in [0.4, 0.5) is 14.5 Å². The molecule has 2 aromatic rings. The Balaban J connectivity index is 2.08. The molecule has 8 nitrogen and oxygen atoms in total. The van der Waals surface area contributed by atoms with Crippen molar-refractivity contribution in [3.05, 3.63) is 51.6 Å². The normalized spacial score (nSPS) is 10.4. The standard InChI is InChI=1S/C11H9F2N5O3/c12-7-4-8(13)9(18(20)21)3-6(7)11(19)14-2-1-10-15-5-16-17-10/h3-5H,1-2H2,(H,14,19)(H,15,16,17). The molecule has 0 saturated carbocycles. The number of nitrogens with one attached hydrogen (secondary N) is 2. The molecule has 10 heteroatoms. The molecule has 0 spiro atoms. The van der Waals surface area contributed by atoms with E-state index >= 15 is 0 Å². The van der Waals surface area contributed by atoms with Crippen LogP contribution in [0.1, 0.15) is 16.2 Å². The monoisotopic (exact) mass is 297 g/mol. The van der Waals surface area contributed by atoms with Gasteiger partial charge in [-0.05, 0) is 0 Å². The first-order chi connectivity index (χ1) is 9.99. The quantitative estimate of drug-likeness (QED) is 0.630. The van der Waals surface area contributed by atoms with E-state index in [9.17, 15) is 23.7 Å². The maximum Gasteiger partial charge on any atom is 0.305 e. The van der Waals surface area contributed by atoms with Crippen LogP contribution in [-0.4, -0.2) is 32.6 Å². The van der Waals surface area contributed by atoms with E-state index in [0.717, 1.165) is 0 Å². The first-order valence-electron chi connectivity index (χ1n) is 5.75. The lowest BCUT2D eigenvalue weighted by Crippen LogP contribution is -2.27. The van der Waals surface area contributed by atoms with Gasteiger partial charge in [0, 0.05) is 25.1 Å². The molecule has 110 valence electrons. The summed E-state index contributed by atoms with van der Waals surface area (Å²) in [4.78, 5) is 25.1. The van der Waals surface area contributed by atoms with E-state index in [0.29, 0.717) is 24.4 Å². The minimum atomic E-state index is -1.34. The molecule has 0 bridgehead atoms. The number of hydrogen-bond donors (Lipinski definition) is 2. The van der Waals surface area contributed by atoms with Crippen LogP contribution in [0.3, 0.4) is 0 Å². The number of nitro benzene ring substituents is 1. The smallest absolute Gasteiger partial charge is 0.305 e. The van der Waals surface area contributed by atoms with Crippen molar-refractivity contribution in [1.82, 2.24) is 20.5 Å². The second-order valence-electron chi connectivity index (χ2n) is 3.98. The molecule has 0 radical (unpaired) electrons. The Labute approximate surface area is 116 Å². The highest BCUT2D eigenvalue weighted by atomic mass is 19.1. The van der Waals surface area contributed by atoms with Crippen molar-refractivity contribution in [3.63, 3.8) is 0 Å². The Morgan fingerprint density at radius 3 is 2.76 bits per heavy atom. The van der Waals surface area contributed by atoms with E-state index in [2.05, 4.69) is 20.5 Å². The number of aromatic nitrogens is 3. The van der Waals surface area contributed by atoms with E-state index in [1.165, 1.54) is 6.33 Å². The van der Waals surface area contributed by atoms with Crippen LogP contribution >= 0.6 is 0 Å². The third kappa shape index (κ3) is 3.35. The van der Waals surface area contributed by atoms with E-state index < -0.39 is 33.7 Å².